The summed E-state index contributed by atoms with van der Waals surface area (Å²) in [5.74, 6) is -0.645. The number of aryl methyl sites for hydroxylation is 1. The first-order chi connectivity index (χ1) is 13.5. The Morgan fingerprint density at radius 1 is 1.21 bits per heavy atom. The third kappa shape index (κ3) is 4.23. The van der Waals surface area contributed by atoms with Crippen molar-refractivity contribution in [3.8, 4) is 11.5 Å². The van der Waals surface area contributed by atoms with Gasteiger partial charge < -0.3 is 19.3 Å². The zero-order valence-corrected chi connectivity index (χ0v) is 17.5. The third-order valence-electron chi connectivity index (χ3n) is 4.31. The number of aromatic hydroxyl groups is 1. The maximum atomic E-state index is 12.8. The molecule has 3 rings (SSSR count). The molecule has 0 saturated heterocycles. The minimum absolute atomic E-state index is 0.0227. The van der Waals surface area contributed by atoms with Crippen molar-refractivity contribution in [3.63, 3.8) is 0 Å². The van der Waals surface area contributed by atoms with Crippen LogP contribution in [-0.2, 0) is 7.05 Å². The van der Waals surface area contributed by atoms with Gasteiger partial charge in [-0.1, -0.05) is 28.1 Å². The molecule has 0 saturated carbocycles. The second-order valence-electron chi connectivity index (χ2n) is 6.16. The molecule has 3 aromatic rings. The number of anilines is 1. The Bertz CT molecular complexity index is 1160. The Hall–Kier alpha value is -2.59. The van der Waals surface area contributed by atoms with Crippen LogP contribution in [-0.4, -0.2) is 28.1 Å². The molecule has 10 heteroatoms. The van der Waals surface area contributed by atoms with Crippen LogP contribution in [0.1, 0.15) is 5.56 Å². The SMILES string of the molecule is CN(C(=S)c1c(O)c2cc(Br)ccc2n(C)c1=O)c1ccc(OC(F)(F)F)cc1. The number of thiocarbonyl (C=S) groups is 1. The minimum Gasteiger partial charge on any atom is -0.506 e. The smallest absolute Gasteiger partial charge is 0.506 e. The Labute approximate surface area is 177 Å². The first-order valence-electron chi connectivity index (χ1n) is 8.14. The van der Waals surface area contributed by atoms with Crippen molar-refractivity contribution in [1.29, 1.82) is 0 Å². The molecule has 29 heavy (non-hydrogen) atoms. The zero-order chi connectivity index (χ0) is 21.5. The average Bonchev–Trinajstić information content (AvgIpc) is 2.65. The average molecular weight is 487 g/mol. The summed E-state index contributed by atoms with van der Waals surface area (Å²) < 4.78 is 42.9. The molecule has 0 radical (unpaired) electrons. The van der Waals surface area contributed by atoms with Gasteiger partial charge in [0, 0.05) is 29.6 Å². The van der Waals surface area contributed by atoms with Gasteiger partial charge in [-0.3, -0.25) is 4.79 Å². The van der Waals surface area contributed by atoms with E-state index >= 15 is 0 Å². The summed E-state index contributed by atoms with van der Waals surface area (Å²) in [5, 5.41) is 11.2. The Balaban J connectivity index is 2.02. The van der Waals surface area contributed by atoms with Crippen LogP contribution in [0.25, 0.3) is 10.9 Å². The lowest BCUT2D eigenvalue weighted by molar-refractivity contribution is -0.274. The Morgan fingerprint density at radius 3 is 2.41 bits per heavy atom. The van der Waals surface area contributed by atoms with Gasteiger partial charge in [0.15, 0.2) is 0 Å². The number of halogens is 4. The molecule has 1 heterocycles. The van der Waals surface area contributed by atoms with E-state index in [1.165, 1.54) is 21.6 Å². The molecule has 0 bridgehead atoms. The molecule has 0 atom stereocenters. The molecule has 2 aromatic carbocycles. The number of ether oxygens (including phenoxy) is 1. The van der Waals surface area contributed by atoms with Crippen LogP contribution < -0.4 is 15.2 Å². The van der Waals surface area contributed by atoms with E-state index in [2.05, 4.69) is 20.7 Å². The molecule has 0 aliphatic rings. The van der Waals surface area contributed by atoms with E-state index in [0.29, 0.717) is 21.1 Å². The standard InChI is InChI=1S/C19H14BrF3N2O3S/c1-24(11-4-6-12(7-5-11)28-19(21,22)23)18(29)15-16(26)13-9-10(20)3-8-14(13)25(2)17(15)27/h3-9,26H,1-2H3. The molecule has 0 fully saturated rings. The quantitative estimate of drug-likeness (QED) is 0.543. The number of nitrogens with zero attached hydrogens (tertiary/aromatic N) is 2. The van der Waals surface area contributed by atoms with Crippen LogP contribution in [0.4, 0.5) is 18.9 Å². The highest BCUT2D eigenvalue weighted by Gasteiger charge is 2.31. The highest BCUT2D eigenvalue weighted by atomic mass is 79.9. The van der Waals surface area contributed by atoms with Crippen molar-refractivity contribution in [2.24, 2.45) is 7.05 Å². The van der Waals surface area contributed by atoms with E-state index in [9.17, 15) is 23.1 Å². The number of alkyl halides is 3. The highest BCUT2D eigenvalue weighted by molar-refractivity contribution is 9.10. The molecule has 1 N–H and O–H groups in total. The van der Waals surface area contributed by atoms with Crippen LogP contribution in [0, 0.1) is 0 Å². The number of hydrogen-bond acceptors (Lipinski definition) is 4. The molecular formula is C19H14BrF3N2O3S. The van der Waals surface area contributed by atoms with Crippen molar-refractivity contribution < 1.29 is 23.0 Å². The van der Waals surface area contributed by atoms with E-state index in [1.807, 2.05) is 0 Å². The molecule has 0 aliphatic heterocycles. The topological polar surface area (TPSA) is 54.7 Å². The van der Waals surface area contributed by atoms with E-state index < -0.39 is 11.9 Å². The summed E-state index contributed by atoms with van der Waals surface area (Å²) in [4.78, 5) is 14.3. The van der Waals surface area contributed by atoms with Gasteiger partial charge in [0.05, 0.1) is 5.52 Å². The molecule has 0 spiro atoms. The maximum Gasteiger partial charge on any atom is 0.573 e. The first-order valence-corrected chi connectivity index (χ1v) is 9.35. The van der Waals surface area contributed by atoms with E-state index in [0.717, 1.165) is 12.1 Å². The summed E-state index contributed by atoms with van der Waals surface area (Å²) in [6, 6.07) is 10.1. The van der Waals surface area contributed by atoms with Gasteiger partial charge in [0.2, 0.25) is 0 Å². The molecule has 0 amide bonds. The van der Waals surface area contributed by atoms with Crippen LogP contribution in [0.2, 0.25) is 0 Å². The van der Waals surface area contributed by atoms with Gasteiger partial charge in [-0.15, -0.1) is 13.2 Å². The molecule has 152 valence electrons. The van der Waals surface area contributed by atoms with Crippen LogP contribution in [0.5, 0.6) is 11.5 Å². The highest BCUT2D eigenvalue weighted by Crippen LogP contribution is 2.31. The normalized spacial score (nSPS) is 11.5. The predicted molar refractivity (Wildman–Crippen MR) is 112 cm³/mol. The van der Waals surface area contributed by atoms with Gasteiger partial charge >= 0.3 is 6.36 Å². The van der Waals surface area contributed by atoms with Crippen molar-refractivity contribution in [2.75, 3.05) is 11.9 Å². The monoisotopic (exact) mass is 486 g/mol. The second kappa shape index (κ2) is 7.68. The lowest BCUT2D eigenvalue weighted by Gasteiger charge is -2.22. The summed E-state index contributed by atoms with van der Waals surface area (Å²) in [7, 11) is 3.11. The van der Waals surface area contributed by atoms with Gasteiger partial charge in [-0.05, 0) is 42.5 Å². The lowest BCUT2D eigenvalue weighted by Crippen LogP contribution is -2.33. The summed E-state index contributed by atoms with van der Waals surface area (Å²) >= 11 is 8.74. The first kappa shape index (κ1) is 21.1. The van der Waals surface area contributed by atoms with Gasteiger partial charge in [-0.25, -0.2) is 0 Å². The van der Waals surface area contributed by atoms with Crippen LogP contribution in [0.3, 0.4) is 0 Å². The minimum atomic E-state index is -4.79. The van der Waals surface area contributed by atoms with Crippen molar-refractivity contribution >= 4 is 49.7 Å². The molecule has 0 aliphatic carbocycles. The number of rotatable bonds is 3. The predicted octanol–water partition coefficient (Wildman–Crippen LogP) is 4.72. The van der Waals surface area contributed by atoms with E-state index in [1.54, 1.807) is 32.3 Å². The Morgan fingerprint density at radius 2 is 1.83 bits per heavy atom. The van der Waals surface area contributed by atoms with E-state index in [4.69, 9.17) is 12.2 Å². The molecular weight excluding hydrogens is 473 g/mol. The molecule has 0 unspecified atom stereocenters. The summed E-state index contributed by atoms with van der Waals surface area (Å²) in [5.41, 5.74) is 0.372. The molecule has 5 nitrogen and oxygen atoms in total. The van der Waals surface area contributed by atoms with E-state index in [-0.39, 0.29) is 22.1 Å². The number of benzene rings is 2. The zero-order valence-electron chi connectivity index (χ0n) is 15.1. The van der Waals surface area contributed by atoms with Crippen LogP contribution >= 0.6 is 28.1 Å². The van der Waals surface area contributed by atoms with Crippen molar-refractivity contribution in [3.05, 3.63) is 62.9 Å². The fraction of sp³-hybridized carbons (Fsp3) is 0.158. The summed E-state index contributed by atoms with van der Waals surface area (Å²) in [6.45, 7) is 0. The van der Waals surface area contributed by atoms with Crippen molar-refractivity contribution in [2.45, 2.75) is 6.36 Å². The number of aromatic nitrogens is 1. The third-order valence-corrected chi connectivity index (χ3v) is 5.28. The second-order valence-corrected chi connectivity index (χ2v) is 7.46. The fourth-order valence-corrected chi connectivity index (χ4v) is 3.50. The van der Waals surface area contributed by atoms with Crippen LogP contribution in [0.15, 0.2) is 51.7 Å². The van der Waals surface area contributed by atoms with Crippen molar-refractivity contribution in [1.82, 2.24) is 4.57 Å². The maximum absolute atomic E-state index is 12.8. The Kier molecular flexibility index (Phi) is 5.59. The van der Waals surface area contributed by atoms with Gasteiger partial charge in [-0.2, -0.15) is 0 Å². The number of hydrogen-bond donors (Lipinski definition) is 1. The number of pyridine rings is 1. The molecule has 1 aromatic heterocycles. The summed E-state index contributed by atoms with van der Waals surface area (Å²) in [6.07, 6.45) is -4.79. The van der Waals surface area contributed by atoms with Gasteiger partial charge in [0.1, 0.15) is 22.1 Å². The van der Waals surface area contributed by atoms with Gasteiger partial charge in [0.25, 0.3) is 5.56 Å². The lowest BCUT2D eigenvalue weighted by atomic mass is 10.1. The fourth-order valence-electron chi connectivity index (χ4n) is 2.85. The largest absolute Gasteiger partial charge is 0.573 e. The number of fused-ring (bicyclic) bond motifs is 1.